The Morgan fingerprint density at radius 2 is 1.19 bits per heavy atom. The Morgan fingerprint density at radius 1 is 0.500 bits per heavy atom. The first-order valence-electron chi connectivity index (χ1n) is 10.7. The van der Waals surface area contributed by atoms with Crippen molar-refractivity contribution in [1.82, 2.24) is 4.57 Å². The highest BCUT2D eigenvalue weighted by atomic mass is 35.5. The van der Waals surface area contributed by atoms with Gasteiger partial charge in [-0.25, -0.2) is 0 Å². The maximum Gasteiger partial charge on any atom is 0.0619 e. The van der Waals surface area contributed by atoms with Crippen LogP contribution in [0.1, 0.15) is 0 Å². The lowest BCUT2D eigenvalue weighted by molar-refractivity contribution is 1.18. The van der Waals surface area contributed by atoms with Crippen LogP contribution in [0.25, 0.3) is 49.7 Å². The van der Waals surface area contributed by atoms with Crippen LogP contribution in [-0.2, 0) is 0 Å². The molecule has 1 heterocycles. The Hall–Kier alpha value is -3.81. The molecule has 0 unspecified atom stereocenters. The van der Waals surface area contributed by atoms with Gasteiger partial charge in [-0.15, -0.1) is 0 Å². The third-order valence-corrected chi connectivity index (χ3v) is 6.28. The van der Waals surface area contributed by atoms with Gasteiger partial charge < -0.3 is 4.57 Å². The summed E-state index contributed by atoms with van der Waals surface area (Å²) in [5, 5.41) is 3.11. The van der Waals surface area contributed by atoms with Crippen LogP contribution in [-0.4, -0.2) is 4.57 Å². The van der Waals surface area contributed by atoms with E-state index in [0.29, 0.717) is 0 Å². The summed E-state index contributed by atoms with van der Waals surface area (Å²) in [6.45, 7) is 0. The van der Waals surface area contributed by atoms with Crippen molar-refractivity contribution in [1.29, 1.82) is 0 Å². The Labute approximate surface area is 192 Å². The van der Waals surface area contributed by atoms with Crippen LogP contribution in [0.3, 0.4) is 0 Å². The van der Waals surface area contributed by atoms with Crippen molar-refractivity contribution in [2.45, 2.75) is 0 Å². The molecule has 6 rings (SSSR count). The van der Waals surface area contributed by atoms with E-state index in [4.69, 9.17) is 11.6 Å². The predicted molar refractivity (Wildman–Crippen MR) is 137 cm³/mol. The summed E-state index contributed by atoms with van der Waals surface area (Å²) in [5.74, 6) is 0. The topological polar surface area (TPSA) is 4.93 Å². The molecule has 0 saturated heterocycles. The van der Waals surface area contributed by atoms with E-state index in [9.17, 15) is 0 Å². The molecule has 0 spiro atoms. The minimum atomic E-state index is 0.750. The number of rotatable bonds is 3. The zero-order valence-corrected chi connectivity index (χ0v) is 18.1. The fourth-order valence-corrected chi connectivity index (χ4v) is 4.79. The van der Waals surface area contributed by atoms with E-state index in [1.807, 2.05) is 6.07 Å². The van der Waals surface area contributed by atoms with E-state index < -0.39 is 0 Å². The van der Waals surface area contributed by atoms with Gasteiger partial charge in [0.1, 0.15) is 0 Å². The number of fused-ring (bicyclic) bond motifs is 3. The molecule has 0 fully saturated rings. The van der Waals surface area contributed by atoms with Crippen LogP contribution in [0.4, 0.5) is 0 Å². The summed E-state index contributed by atoms with van der Waals surface area (Å²) in [6.07, 6.45) is 0. The second kappa shape index (κ2) is 7.71. The number of halogens is 1. The standard InChI is InChI=1S/C30H20ClN/c31-24-17-18-29-28(20-24)27-16-8-15-26(22-11-5-2-6-12-22)30(27)32(29)25-14-7-13-23(19-25)21-9-3-1-4-10-21/h1-20H. The number of aromatic nitrogens is 1. The van der Waals surface area contributed by atoms with Gasteiger partial charge in [0.25, 0.3) is 0 Å². The summed E-state index contributed by atoms with van der Waals surface area (Å²) in [6, 6.07) is 42.6. The molecule has 1 nitrogen and oxygen atoms in total. The Balaban J connectivity index is 1.71. The lowest BCUT2D eigenvalue weighted by atomic mass is 10.0. The summed E-state index contributed by atoms with van der Waals surface area (Å²) in [7, 11) is 0. The molecule has 0 aliphatic rings. The van der Waals surface area contributed by atoms with Gasteiger partial charge in [-0.05, 0) is 47.0 Å². The van der Waals surface area contributed by atoms with Crippen molar-refractivity contribution < 1.29 is 0 Å². The van der Waals surface area contributed by atoms with E-state index >= 15 is 0 Å². The normalized spacial score (nSPS) is 11.3. The maximum absolute atomic E-state index is 6.43. The van der Waals surface area contributed by atoms with E-state index in [1.54, 1.807) is 0 Å². The average Bonchev–Trinajstić information content (AvgIpc) is 3.19. The molecule has 152 valence electrons. The van der Waals surface area contributed by atoms with E-state index in [0.717, 1.165) is 21.6 Å². The molecule has 0 aliphatic carbocycles. The number of para-hydroxylation sites is 1. The average molecular weight is 430 g/mol. The van der Waals surface area contributed by atoms with Gasteiger partial charge >= 0.3 is 0 Å². The van der Waals surface area contributed by atoms with Crippen LogP contribution < -0.4 is 0 Å². The Morgan fingerprint density at radius 3 is 1.97 bits per heavy atom. The Bertz CT molecular complexity index is 1560. The first-order valence-corrected chi connectivity index (χ1v) is 11.1. The number of benzene rings is 5. The quantitative estimate of drug-likeness (QED) is 0.265. The summed E-state index contributed by atoms with van der Waals surface area (Å²) in [5.41, 5.74) is 8.30. The summed E-state index contributed by atoms with van der Waals surface area (Å²) >= 11 is 6.43. The van der Waals surface area contributed by atoms with Crippen molar-refractivity contribution in [3.63, 3.8) is 0 Å². The second-order valence-corrected chi connectivity index (χ2v) is 8.42. The molecule has 1 aromatic heterocycles. The van der Waals surface area contributed by atoms with E-state index in [1.165, 1.54) is 33.2 Å². The van der Waals surface area contributed by atoms with Gasteiger partial charge in [0, 0.05) is 27.0 Å². The van der Waals surface area contributed by atoms with Crippen molar-refractivity contribution in [2.24, 2.45) is 0 Å². The van der Waals surface area contributed by atoms with Crippen LogP contribution in [0.5, 0.6) is 0 Å². The van der Waals surface area contributed by atoms with Gasteiger partial charge in [-0.2, -0.15) is 0 Å². The summed E-state index contributed by atoms with van der Waals surface area (Å²) < 4.78 is 2.37. The van der Waals surface area contributed by atoms with E-state index in [-0.39, 0.29) is 0 Å². The van der Waals surface area contributed by atoms with Crippen molar-refractivity contribution in [3.8, 4) is 27.9 Å². The first-order chi connectivity index (χ1) is 15.8. The van der Waals surface area contributed by atoms with Crippen LogP contribution in [0.15, 0.2) is 121 Å². The molecule has 0 atom stereocenters. The smallest absolute Gasteiger partial charge is 0.0619 e. The van der Waals surface area contributed by atoms with Crippen LogP contribution >= 0.6 is 11.6 Å². The zero-order chi connectivity index (χ0) is 21.5. The van der Waals surface area contributed by atoms with Crippen molar-refractivity contribution >= 4 is 33.4 Å². The van der Waals surface area contributed by atoms with Gasteiger partial charge in [-0.1, -0.05) is 103 Å². The summed E-state index contributed by atoms with van der Waals surface area (Å²) in [4.78, 5) is 0. The maximum atomic E-state index is 6.43. The van der Waals surface area contributed by atoms with Crippen molar-refractivity contribution in [3.05, 3.63) is 126 Å². The zero-order valence-electron chi connectivity index (χ0n) is 17.4. The highest BCUT2D eigenvalue weighted by Crippen LogP contribution is 2.39. The molecular weight excluding hydrogens is 410 g/mol. The highest BCUT2D eigenvalue weighted by molar-refractivity contribution is 6.32. The molecule has 6 aromatic rings. The number of hydrogen-bond acceptors (Lipinski definition) is 0. The monoisotopic (exact) mass is 429 g/mol. The lowest BCUT2D eigenvalue weighted by Gasteiger charge is -2.13. The van der Waals surface area contributed by atoms with Crippen LogP contribution in [0, 0.1) is 0 Å². The molecule has 0 aliphatic heterocycles. The largest absolute Gasteiger partial charge is 0.309 e. The lowest BCUT2D eigenvalue weighted by Crippen LogP contribution is -1.96. The minimum absolute atomic E-state index is 0.750. The van der Waals surface area contributed by atoms with Gasteiger partial charge in [0.05, 0.1) is 11.0 Å². The number of nitrogens with zero attached hydrogens (tertiary/aromatic N) is 1. The molecule has 0 amide bonds. The van der Waals surface area contributed by atoms with Gasteiger partial charge in [0.15, 0.2) is 0 Å². The van der Waals surface area contributed by atoms with Gasteiger partial charge in [0.2, 0.25) is 0 Å². The third-order valence-electron chi connectivity index (χ3n) is 6.05. The Kier molecular flexibility index (Phi) is 4.56. The molecule has 32 heavy (non-hydrogen) atoms. The van der Waals surface area contributed by atoms with Crippen LogP contribution in [0.2, 0.25) is 5.02 Å². The first kappa shape index (κ1) is 18.9. The molecule has 0 N–H and O–H groups in total. The van der Waals surface area contributed by atoms with Crippen molar-refractivity contribution in [2.75, 3.05) is 0 Å². The molecule has 0 saturated carbocycles. The predicted octanol–water partition coefficient (Wildman–Crippen LogP) is 8.77. The fraction of sp³-hybridized carbons (Fsp3) is 0. The molecular formula is C30H20ClN. The molecule has 0 radical (unpaired) electrons. The molecule has 5 aromatic carbocycles. The second-order valence-electron chi connectivity index (χ2n) is 7.98. The highest BCUT2D eigenvalue weighted by Gasteiger charge is 2.17. The molecule has 2 heteroatoms. The SMILES string of the molecule is Clc1ccc2c(c1)c1cccc(-c3ccccc3)c1n2-c1cccc(-c2ccccc2)c1. The number of hydrogen-bond donors (Lipinski definition) is 0. The van der Waals surface area contributed by atoms with Gasteiger partial charge in [-0.3, -0.25) is 0 Å². The minimum Gasteiger partial charge on any atom is -0.309 e. The van der Waals surface area contributed by atoms with E-state index in [2.05, 4.69) is 120 Å². The fourth-order valence-electron chi connectivity index (χ4n) is 4.62. The molecule has 0 bridgehead atoms. The third kappa shape index (κ3) is 3.10.